The molecule has 0 saturated carbocycles. The zero-order chi connectivity index (χ0) is 24.4. The molecule has 4 aromatic rings. The van der Waals surface area contributed by atoms with E-state index in [-0.39, 0.29) is 23.2 Å². The van der Waals surface area contributed by atoms with Gasteiger partial charge in [0.15, 0.2) is 0 Å². The van der Waals surface area contributed by atoms with E-state index in [0.717, 1.165) is 33.8 Å². The second-order valence-electron chi connectivity index (χ2n) is 8.25. The molecule has 0 fully saturated rings. The monoisotopic (exact) mass is 496 g/mol. The lowest BCUT2D eigenvalue weighted by Crippen LogP contribution is -2.03. The molecule has 3 heterocycles. The maximum absolute atomic E-state index is 13.9. The molecule has 0 aliphatic carbocycles. The van der Waals surface area contributed by atoms with Gasteiger partial charge in [0.1, 0.15) is 34.7 Å². The molecule has 0 unspecified atom stereocenters. The summed E-state index contributed by atoms with van der Waals surface area (Å²) in [6.07, 6.45) is 5.04. The third kappa shape index (κ3) is 4.88. The molecule has 0 aliphatic rings. The van der Waals surface area contributed by atoms with Crippen LogP contribution in [0.25, 0.3) is 22.5 Å². The van der Waals surface area contributed by atoms with E-state index in [1.165, 1.54) is 18.3 Å². The van der Waals surface area contributed by atoms with Gasteiger partial charge in [0.05, 0.1) is 16.4 Å². The van der Waals surface area contributed by atoms with Crippen molar-refractivity contribution in [3.05, 3.63) is 87.4 Å². The molecule has 0 bridgehead atoms. The summed E-state index contributed by atoms with van der Waals surface area (Å²) in [5.41, 5.74) is 5.10. The van der Waals surface area contributed by atoms with E-state index in [1.54, 1.807) is 18.5 Å². The first-order chi connectivity index (χ1) is 16.3. The molecule has 0 atom stereocenters. The largest absolute Gasteiger partial charge is 0.486 e. The van der Waals surface area contributed by atoms with Crippen molar-refractivity contribution >= 4 is 23.2 Å². The normalized spacial score (nSPS) is 11.2. The zero-order valence-electron chi connectivity index (χ0n) is 19.2. The lowest BCUT2D eigenvalue weighted by molar-refractivity contribution is 0.294. The Labute approximate surface area is 208 Å². The second kappa shape index (κ2) is 10.0. The highest BCUT2D eigenvalue weighted by Crippen LogP contribution is 2.43. The van der Waals surface area contributed by atoms with E-state index in [1.807, 2.05) is 39.8 Å². The SMILES string of the molecule is Cc1cnc(-c2ccnc(C(C)C)n2)cc1-c1c(C)cc(OCc2ncccc2F)c(Cl)c1Cl. The smallest absolute Gasteiger partial charge is 0.148 e. The second-order valence-corrected chi connectivity index (χ2v) is 9.01. The molecule has 0 saturated heterocycles. The zero-order valence-corrected chi connectivity index (χ0v) is 20.7. The third-order valence-corrected chi connectivity index (χ3v) is 6.25. The number of benzene rings is 1. The summed E-state index contributed by atoms with van der Waals surface area (Å²) in [6, 6.07) is 8.45. The van der Waals surface area contributed by atoms with Crippen LogP contribution in [0.4, 0.5) is 4.39 Å². The van der Waals surface area contributed by atoms with Gasteiger partial charge in [0.25, 0.3) is 0 Å². The molecule has 0 spiro atoms. The van der Waals surface area contributed by atoms with Crippen LogP contribution in [0.5, 0.6) is 5.75 Å². The lowest BCUT2D eigenvalue weighted by Gasteiger charge is -2.17. The van der Waals surface area contributed by atoms with Crippen molar-refractivity contribution in [2.24, 2.45) is 0 Å². The van der Waals surface area contributed by atoms with Crippen molar-refractivity contribution in [3.63, 3.8) is 0 Å². The molecular weight excluding hydrogens is 474 g/mol. The molecule has 174 valence electrons. The van der Waals surface area contributed by atoms with E-state index >= 15 is 0 Å². The Morgan fingerprint density at radius 3 is 2.47 bits per heavy atom. The average molecular weight is 497 g/mol. The van der Waals surface area contributed by atoms with Crippen LogP contribution in [-0.2, 0) is 6.61 Å². The van der Waals surface area contributed by atoms with E-state index in [0.29, 0.717) is 16.5 Å². The minimum absolute atomic E-state index is 0.0637. The first-order valence-electron chi connectivity index (χ1n) is 10.8. The Balaban J connectivity index is 1.72. The van der Waals surface area contributed by atoms with Gasteiger partial charge in [-0.2, -0.15) is 0 Å². The minimum atomic E-state index is -0.441. The van der Waals surface area contributed by atoms with Crippen LogP contribution in [0.3, 0.4) is 0 Å². The van der Waals surface area contributed by atoms with Crippen molar-refractivity contribution in [1.82, 2.24) is 19.9 Å². The van der Waals surface area contributed by atoms with Gasteiger partial charge in [0.2, 0.25) is 0 Å². The summed E-state index contributed by atoms with van der Waals surface area (Å²) in [5.74, 6) is 0.877. The predicted molar refractivity (Wildman–Crippen MR) is 133 cm³/mol. The molecule has 1 aromatic carbocycles. The van der Waals surface area contributed by atoms with E-state index in [9.17, 15) is 4.39 Å². The Morgan fingerprint density at radius 2 is 1.74 bits per heavy atom. The fourth-order valence-electron chi connectivity index (χ4n) is 3.56. The van der Waals surface area contributed by atoms with Gasteiger partial charge < -0.3 is 4.74 Å². The van der Waals surface area contributed by atoms with Gasteiger partial charge in [-0.3, -0.25) is 9.97 Å². The number of halogens is 3. The van der Waals surface area contributed by atoms with E-state index in [4.69, 9.17) is 27.9 Å². The Kier molecular flexibility index (Phi) is 7.10. The molecular formula is C26H23Cl2FN4O. The number of ether oxygens (including phenoxy) is 1. The van der Waals surface area contributed by atoms with Crippen LogP contribution >= 0.6 is 23.2 Å². The van der Waals surface area contributed by atoms with Gasteiger partial charge in [0, 0.05) is 30.1 Å². The Morgan fingerprint density at radius 1 is 0.941 bits per heavy atom. The molecule has 5 nitrogen and oxygen atoms in total. The van der Waals surface area contributed by atoms with Crippen molar-refractivity contribution in [2.75, 3.05) is 0 Å². The van der Waals surface area contributed by atoms with Gasteiger partial charge in [-0.15, -0.1) is 0 Å². The number of rotatable bonds is 6. The van der Waals surface area contributed by atoms with Crippen LogP contribution in [0.2, 0.25) is 10.0 Å². The minimum Gasteiger partial charge on any atom is -0.486 e. The maximum atomic E-state index is 13.9. The lowest BCUT2D eigenvalue weighted by atomic mass is 9.96. The van der Waals surface area contributed by atoms with Crippen LogP contribution < -0.4 is 4.74 Å². The first-order valence-corrected chi connectivity index (χ1v) is 11.5. The highest BCUT2D eigenvalue weighted by Gasteiger charge is 2.19. The molecule has 8 heteroatoms. The number of pyridine rings is 2. The predicted octanol–water partition coefficient (Wildman–Crippen LogP) is 7.37. The molecule has 0 radical (unpaired) electrons. The quantitative estimate of drug-likeness (QED) is 0.278. The summed E-state index contributed by atoms with van der Waals surface area (Å²) in [7, 11) is 0. The molecule has 0 amide bonds. The fourth-order valence-corrected chi connectivity index (χ4v) is 4.10. The van der Waals surface area contributed by atoms with Crippen molar-refractivity contribution < 1.29 is 9.13 Å². The van der Waals surface area contributed by atoms with Crippen LogP contribution in [0, 0.1) is 19.7 Å². The van der Waals surface area contributed by atoms with Crippen molar-refractivity contribution in [1.29, 1.82) is 0 Å². The van der Waals surface area contributed by atoms with Crippen LogP contribution in [0.15, 0.2) is 48.9 Å². The van der Waals surface area contributed by atoms with Crippen molar-refractivity contribution in [2.45, 2.75) is 40.2 Å². The van der Waals surface area contributed by atoms with Crippen LogP contribution in [0.1, 0.15) is 42.4 Å². The van der Waals surface area contributed by atoms with Gasteiger partial charge in [-0.05, 0) is 60.9 Å². The van der Waals surface area contributed by atoms with E-state index < -0.39 is 5.82 Å². The number of aryl methyl sites for hydroxylation is 2. The number of hydrogen-bond acceptors (Lipinski definition) is 5. The summed E-state index contributed by atoms with van der Waals surface area (Å²) in [6.45, 7) is 7.91. The fraction of sp³-hybridized carbons (Fsp3) is 0.231. The number of nitrogens with zero attached hydrogens (tertiary/aromatic N) is 4. The molecule has 0 N–H and O–H groups in total. The molecule has 34 heavy (non-hydrogen) atoms. The standard InChI is InChI=1S/C26H23Cl2FN4O/c1-14(2)26-31-9-7-19(33-26)20-11-17(16(4)12-32-20)23-15(3)10-22(24(27)25(23)28)34-13-21-18(29)6-5-8-30-21/h5-12,14H,13H2,1-4H3. The highest BCUT2D eigenvalue weighted by molar-refractivity contribution is 6.44. The topological polar surface area (TPSA) is 60.8 Å². The summed E-state index contributed by atoms with van der Waals surface area (Å²) in [5, 5.41) is 0.601. The molecule has 3 aromatic heterocycles. The van der Waals surface area contributed by atoms with Gasteiger partial charge in [-0.1, -0.05) is 37.0 Å². The summed E-state index contributed by atoms with van der Waals surface area (Å²) in [4.78, 5) is 17.6. The third-order valence-electron chi connectivity index (χ3n) is 5.40. The first kappa shape index (κ1) is 24.0. The summed E-state index contributed by atoms with van der Waals surface area (Å²) < 4.78 is 19.7. The molecule has 0 aliphatic heterocycles. The average Bonchev–Trinajstić information content (AvgIpc) is 2.82. The highest BCUT2D eigenvalue weighted by atomic mass is 35.5. The summed E-state index contributed by atoms with van der Waals surface area (Å²) >= 11 is 13.3. The van der Waals surface area contributed by atoms with Crippen LogP contribution in [-0.4, -0.2) is 19.9 Å². The Hall–Kier alpha value is -3.09. The van der Waals surface area contributed by atoms with Gasteiger partial charge >= 0.3 is 0 Å². The van der Waals surface area contributed by atoms with E-state index in [2.05, 4.69) is 19.9 Å². The Bertz CT molecular complexity index is 1360. The maximum Gasteiger partial charge on any atom is 0.148 e. The van der Waals surface area contributed by atoms with Crippen molar-refractivity contribution in [3.8, 4) is 28.3 Å². The number of hydrogen-bond donors (Lipinski definition) is 0. The molecule has 4 rings (SSSR count). The number of aromatic nitrogens is 4. The van der Waals surface area contributed by atoms with Gasteiger partial charge in [-0.25, -0.2) is 14.4 Å².